The number of hydrogen-bond acceptors (Lipinski definition) is 5. The second kappa shape index (κ2) is 10.1. The second-order valence-electron chi connectivity index (χ2n) is 7.41. The summed E-state index contributed by atoms with van der Waals surface area (Å²) in [5, 5.41) is 0.0924. The Morgan fingerprint density at radius 2 is 1.79 bits per heavy atom. The van der Waals surface area contributed by atoms with Crippen molar-refractivity contribution in [3.05, 3.63) is 93.3 Å². The van der Waals surface area contributed by atoms with Crippen LogP contribution in [0, 0.1) is 6.92 Å². The highest BCUT2D eigenvalue weighted by Crippen LogP contribution is 2.37. The van der Waals surface area contributed by atoms with Gasteiger partial charge in [0, 0.05) is 5.02 Å². The Hall–Kier alpha value is -3.22. The molecule has 0 spiro atoms. The molecule has 168 valence electrons. The number of amides is 2. The Bertz CT molecular complexity index is 1240. The Labute approximate surface area is 202 Å². The predicted molar refractivity (Wildman–Crippen MR) is 133 cm³/mol. The number of carbonyl (C=O) groups is 2. The number of thioether (sulfide) groups is 1. The van der Waals surface area contributed by atoms with Crippen LogP contribution in [-0.4, -0.2) is 17.8 Å². The number of nitrogens with zero attached hydrogens (tertiary/aromatic N) is 1. The lowest BCUT2D eigenvalue weighted by Crippen LogP contribution is -2.27. The summed E-state index contributed by atoms with van der Waals surface area (Å²) in [7, 11) is 0. The van der Waals surface area contributed by atoms with Crippen LogP contribution < -0.4 is 14.4 Å². The lowest BCUT2D eigenvalue weighted by molar-refractivity contribution is -0.113. The van der Waals surface area contributed by atoms with Gasteiger partial charge in [0.2, 0.25) is 0 Å². The van der Waals surface area contributed by atoms with Gasteiger partial charge in [-0.25, -0.2) is 4.90 Å². The monoisotopic (exact) mass is 479 g/mol. The minimum Gasteiger partial charge on any atom is -0.490 e. The molecule has 0 unspecified atom stereocenters. The molecule has 1 heterocycles. The molecule has 2 amide bonds. The summed E-state index contributed by atoms with van der Waals surface area (Å²) in [6.07, 6.45) is 1.68. The molecule has 0 saturated carbocycles. The van der Waals surface area contributed by atoms with Gasteiger partial charge in [0.1, 0.15) is 6.61 Å². The number of benzene rings is 3. The molecular formula is C26H22ClNO4S. The molecule has 0 bridgehead atoms. The molecule has 3 aromatic carbocycles. The van der Waals surface area contributed by atoms with E-state index in [0.29, 0.717) is 40.3 Å². The van der Waals surface area contributed by atoms with Crippen LogP contribution >= 0.6 is 23.4 Å². The van der Waals surface area contributed by atoms with Crippen LogP contribution in [0.25, 0.3) is 6.08 Å². The fourth-order valence-corrected chi connectivity index (χ4v) is 4.45. The summed E-state index contributed by atoms with van der Waals surface area (Å²) < 4.78 is 11.8. The van der Waals surface area contributed by atoms with Gasteiger partial charge in [0.15, 0.2) is 11.5 Å². The molecular weight excluding hydrogens is 458 g/mol. The minimum absolute atomic E-state index is 0.329. The van der Waals surface area contributed by atoms with E-state index in [1.165, 1.54) is 5.56 Å². The Morgan fingerprint density at radius 3 is 2.55 bits per heavy atom. The minimum atomic E-state index is -0.384. The zero-order chi connectivity index (χ0) is 23.4. The van der Waals surface area contributed by atoms with Crippen molar-refractivity contribution >= 4 is 46.3 Å². The van der Waals surface area contributed by atoms with Gasteiger partial charge in [-0.2, -0.15) is 0 Å². The number of hydrogen-bond donors (Lipinski definition) is 0. The molecule has 0 radical (unpaired) electrons. The maximum Gasteiger partial charge on any atom is 0.298 e. The van der Waals surface area contributed by atoms with E-state index >= 15 is 0 Å². The second-order valence-corrected chi connectivity index (χ2v) is 8.84. The molecule has 1 saturated heterocycles. The van der Waals surface area contributed by atoms with Crippen LogP contribution in [0.4, 0.5) is 10.5 Å². The molecule has 0 N–H and O–H groups in total. The highest BCUT2D eigenvalue weighted by molar-refractivity contribution is 8.19. The smallest absolute Gasteiger partial charge is 0.298 e. The Kier molecular flexibility index (Phi) is 7.06. The van der Waals surface area contributed by atoms with Crippen LogP contribution in [-0.2, 0) is 11.4 Å². The van der Waals surface area contributed by atoms with E-state index in [4.69, 9.17) is 21.1 Å². The van der Waals surface area contributed by atoms with E-state index < -0.39 is 0 Å². The quantitative estimate of drug-likeness (QED) is 0.346. The Balaban J connectivity index is 1.55. The number of anilines is 1. The molecule has 1 aliphatic rings. The normalized spacial score (nSPS) is 14.8. The van der Waals surface area contributed by atoms with Crippen molar-refractivity contribution in [2.75, 3.05) is 11.5 Å². The number of aryl methyl sites for hydroxylation is 1. The van der Waals surface area contributed by atoms with Crippen molar-refractivity contribution in [2.24, 2.45) is 0 Å². The molecule has 7 heteroatoms. The van der Waals surface area contributed by atoms with Gasteiger partial charge in [-0.3, -0.25) is 9.59 Å². The van der Waals surface area contributed by atoms with Crippen molar-refractivity contribution in [3.63, 3.8) is 0 Å². The first-order chi connectivity index (χ1) is 15.9. The van der Waals surface area contributed by atoms with Crippen molar-refractivity contribution in [3.8, 4) is 11.5 Å². The fourth-order valence-electron chi connectivity index (χ4n) is 3.42. The lowest BCUT2D eigenvalue weighted by Gasteiger charge is -2.13. The number of halogens is 1. The zero-order valence-electron chi connectivity index (χ0n) is 18.2. The maximum atomic E-state index is 12.9. The van der Waals surface area contributed by atoms with Crippen molar-refractivity contribution < 1.29 is 19.1 Å². The standard InChI is InChI=1S/C26H22ClNO4S/c1-3-31-23-13-18(10-11-22(23)32-16-19-7-4-6-17(2)12-19)14-24-25(29)28(26(30)33-24)21-9-5-8-20(27)15-21/h4-15H,3,16H2,1-2H3/b24-14+. The molecule has 33 heavy (non-hydrogen) atoms. The molecule has 3 aromatic rings. The van der Waals surface area contributed by atoms with E-state index in [0.717, 1.165) is 27.8 Å². The molecule has 0 aromatic heterocycles. The summed E-state index contributed by atoms with van der Waals surface area (Å²) in [5.74, 6) is 0.806. The van der Waals surface area contributed by atoms with Gasteiger partial charge in [-0.05, 0) is 73.1 Å². The van der Waals surface area contributed by atoms with Gasteiger partial charge in [0.05, 0.1) is 17.2 Å². The van der Waals surface area contributed by atoms with E-state index in [9.17, 15) is 9.59 Å². The molecule has 1 aliphatic heterocycles. The highest BCUT2D eigenvalue weighted by atomic mass is 35.5. The average molecular weight is 480 g/mol. The van der Waals surface area contributed by atoms with Gasteiger partial charge >= 0.3 is 0 Å². The summed E-state index contributed by atoms with van der Waals surface area (Å²) in [5.41, 5.74) is 3.42. The van der Waals surface area contributed by atoms with E-state index in [1.54, 1.807) is 30.3 Å². The summed E-state index contributed by atoms with van der Waals surface area (Å²) in [4.78, 5) is 26.9. The number of imide groups is 1. The summed E-state index contributed by atoms with van der Waals surface area (Å²) in [6.45, 7) is 4.82. The zero-order valence-corrected chi connectivity index (χ0v) is 19.8. The SMILES string of the molecule is CCOc1cc(/C=C2/SC(=O)N(c3cccc(Cl)c3)C2=O)ccc1OCc1cccc(C)c1. The lowest BCUT2D eigenvalue weighted by atomic mass is 10.1. The highest BCUT2D eigenvalue weighted by Gasteiger charge is 2.36. The number of ether oxygens (including phenoxy) is 2. The van der Waals surface area contributed by atoms with Crippen molar-refractivity contribution in [1.29, 1.82) is 0 Å². The molecule has 5 nitrogen and oxygen atoms in total. The van der Waals surface area contributed by atoms with Crippen LogP contribution in [0.2, 0.25) is 5.02 Å². The first kappa shape index (κ1) is 23.0. The average Bonchev–Trinajstić information content (AvgIpc) is 3.06. The largest absolute Gasteiger partial charge is 0.490 e. The molecule has 0 aliphatic carbocycles. The van der Waals surface area contributed by atoms with Crippen molar-refractivity contribution in [1.82, 2.24) is 0 Å². The first-order valence-corrected chi connectivity index (χ1v) is 11.6. The van der Waals surface area contributed by atoms with Crippen LogP contribution in [0.5, 0.6) is 11.5 Å². The Morgan fingerprint density at radius 1 is 0.970 bits per heavy atom. The topological polar surface area (TPSA) is 55.8 Å². The molecule has 0 atom stereocenters. The van der Waals surface area contributed by atoms with Crippen LogP contribution in [0.15, 0.2) is 71.6 Å². The van der Waals surface area contributed by atoms with Gasteiger partial charge in [0.25, 0.3) is 11.1 Å². The van der Waals surface area contributed by atoms with E-state index in [1.807, 2.05) is 50.2 Å². The maximum absolute atomic E-state index is 12.9. The predicted octanol–water partition coefficient (Wildman–Crippen LogP) is 6.87. The van der Waals surface area contributed by atoms with E-state index in [2.05, 4.69) is 6.07 Å². The number of carbonyl (C=O) groups excluding carboxylic acids is 2. The van der Waals surface area contributed by atoms with Crippen LogP contribution in [0.1, 0.15) is 23.6 Å². The number of rotatable bonds is 7. The third kappa shape index (κ3) is 5.41. The van der Waals surface area contributed by atoms with E-state index in [-0.39, 0.29) is 11.1 Å². The van der Waals surface area contributed by atoms with Gasteiger partial charge < -0.3 is 9.47 Å². The van der Waals surface area contributed by atoms with Gasteiger partial charge in [-0.15, -0.1) is 0 Å². The van der Waals surface area contributed by atoms with Gasteiger partial charge in [-0.1, -0.05) is 53.6 Å². The third-order valence-corrected chi connectivity index (χ3v) is 6.01. The van der Waals surface area contributed by atoms with Crippen LogP contribution in [0.3, 0.4) is 0 Å². The van der Waals surface area contributed by atoms with Crippen molar-refractivity contribution in [2.45, 2.75) is 20.5 Å². The fraction of sp³-hybridized carbons (Fsp3) is 0.154. The molecule has 1 fully saturated rings. The summed E-state index contributed by atoms with van der Waals surface area (Å²) >= 11 is 6.92. The molecule has 4 rings (SSSR count). The third-order valence-electron chi connectivity index (χ3n) is 4.90. The summed E-state index contributed by atoms with van der Waals surface area (Å²) in [6, 6.07) is 20.2. The first-order valence-electron chi connectivity index (χ1n) is 10.4.